The molecule has 0 heterocycles. The van der Waals surface area contributed by atoms with Gasteiger partial charge in [-0.1, -0.05) is 6.08 Å². The van der Waals surface area contributed by atoms with Gasteiger partial charge in [0.15, 0.2) is 0 Å². The van der Waals surface area contributed by atoms with Crippen molar-refractivity contribution in [1.29, 1.82) is 0 Å². The van der Waals surface area contributed by atoms with Gasteiger partial charge in [-0.05, 0) is 19.8 Å². The van der Waals surface area contributed by atoms with Gasteiger partial charge in [0.2, 0.25) is 0 Å². The van der Waals surface area contributed by atoms with E-state index in [0.29, 0.717) is 12.8 Å². The van der Waals surface area contributed by atoms with Crippen molar-refractivity contribution in [2.24, 2.45) is 0 Å². The summed E-state index contributed by atoms with van der Waals surface area (Å²) in [5.41, 5.74) is 0. The normalized spacial score (nSPS) is 16.3. The Morgan fingerprint density at radius 3 is 2.70 bits per heavy atom. The molecule has 0 fully saturated rings. The van der Waals surface area contributed by atoms with Gasteiger partial charge in [0.05, 0.1) is 12.2 Å². The van der Waals surface area contributed by atoms with Crippen LogP contribution in [0.15, 0.2) is 12.7 Å². The summed E-state index contributed by atoms with van der Waals surface area (Å²) in [7, 11) is 1.64. The van der Waals surface area contributed by atoms with E-state index >= 15 is 0 Å². The molecule has 0 bridgehead atoms. The molecule has 2 heteroatoms. The molecule has 0 radical (unpaired) electrons. The number of rotatable bonds is 5. The van der Waals surface area contributed by atoms with E-state index in [-0.39, 0.29) is 12.2 Å². The third kappa shape index (κ3) is 4.53. The molecule has 0 aromatic heterocycles. The van der Waals surface area contributed by atoms with Crippen molar-refractivity contribution in [3.8, 4) is 0 Å². The summed E-state index contributed by atoms with van der Waals surface area (Å²) in [6.07, 6.45) is 2.88. The average Bonchev–Trinajstić information content (AvgIpc) is 1.88. The first-order valence-corrected chi connectivity index (χ1v) is 3.52. The summed E-state index contributed by atoms with van der Waals surface area (Å²) in [6.45, 7) is 5.47. The number of hydrogen-bond donors (Lipinski definition) is 1. The molecule has 60 valence electrons. The van der Waals surface area contributed by atoms with Crippen LogP contribution < -0.4 is 0 Å². The van der Waals surface area contributed by atoms with Gasteiger partial charge in [-0.3, -0.25) is 0 Å². The summed E-state index contributed by atoms with van der Waals surface area (Å²) in [5.74, 6) is 0. The fraction of sp³-hybridized carbons (Fsp3) is 0.750. The van der Waals surface area contributed by atoms with E-state index < -0.39 is 0 Å². The lowest BCUT2D eigenvalue weighted by molar-refractivity contribution is 0.0576. The smallest absolute Gasteiger partial charge is 0.0599 e. The zero-order chi connectivity index (χ0) is 7.98. The number of methoxy groups -OCH3 is 1. The Balaban J connectivity index is 3.35. The zero-order valence-corrected chi connectivity index (χ0v) is 6.71. The van der Waals surface area contributed by atoms with Crippen molar-refractivity contribution in [2.75, 3.05) is 7.11 Å². The molecule has 0 aliphatic carbocycles. The van der Waals surface area contributed by atoms with E-state index in [1.54, 1.807) is 13.2 Å². The second-order valence-electron chi connectivity index (χ2n) is 2.46. The van der Waals surface area contributed by atoms with Crippen LogP contribution in [0.5, 0.6) is 0 Å². The SMILES string of the molecule is C=CC[C@H](O)C[C@H](C)OC. The topological polar surface area (TPSA) is 29.5 Å². The number of aliphatic hydroxyl groups excluding tert-OH is 1. The highest BCUT2D eigenvalue weighted by Gasteiger charge is 2.06. The Labute approximate surface area is 62.5 Å². The Morgan fingerprint density at radius 1 is 1.70 bits per heavy atom. The third-order valence-electron chi connectivity index (χ3n) is 1.45. The Bertz CT molecular complexity index is 91.3. The summed E-state index contributed by atoms with van der Waals surface area (Å²) >= 11 is 0. The standard InChI is InChI=1S/C8H16O2/c1-4-5-8(9)6-7(2)10-3/h4,7-9H,1,5-6H2,2-3H3/t7-,8-/m0/s1. The van der Waals surface area contributed by atoms with Crippen LogP contribution in [0.1, 0.15) is 19.8 Å². The van der Waals surface area contributed by atoms with Crippen molar-refractivity contribution in [3.63, 3.8) is 0 Å². The average molecular weight is 144 g/mol. The lowest BCUT2D eigenvalue weighted by Gasteiger charge is -2.12. The lowest BCUT2D eigenvalue weighted by Crippen LogP contribution is -2.15. The fourth-order valence-corrected chi connectivity index (χ4v) is 0.768. The van der Waals surface area contributed by atoms with Crippen LogP contribution in [0.3, 0.4) is 0 Å². The van der Waals surface area contributed by atoms with Gasteiger partial charge in [-0.15, -0.1) is 6.58 Å². The van der Waals surface area contributed by atoms with Crippen LogP contribution in [0, 0.1) is 0 Å². The van der Waals surface area contributed by atoms with Crippen LogP contribution in [-0.4, -0.2) is 24.4 Å². The van der Waals surface area contributed by atoms with Crippen molar-refractivity contribution >= 4 is 0 Å². The van der Waals surface area contributed by atoms with E-state index in [4.69, 9.17) is 4.74 Å². The van der Waals surface area contributed by atoms with Crippen molar-refractivity contribution < 1.29 is 9.84 Å². The van der Waals surface area contributed by atoms with Crippen molar-refractivity contribution in [1.82, 2.24) is 0 Å². The highest BCUT2D eigenvalue weighted by atomic mass is 16.5. The van der Waals surface area contributed by atoms with Gasteiger partial charge in [0.1, 0.15) is 0 Å². The molecule has 0 aliphatic rings. The molecule has 2 atom stereocenters. The maximum Gasteiger partial charge on any atom is 0.0599 e. The highest BCUT2D eigenvalue weighted by molar-refractivity contribution is 4.73. The first kappa shape index (κ1) is 9.66. The summed E-state index contributed by atoms with van der Waals surface area (Å²) in [4.78, 5) is 0. The minimum Gasteiger partial charge on any atom is -0.393 e. The molecular weight excluding hydrogens is 128 g/mol. The predicted molar refractivity (Wildman–Crippen MR) is 41.9 cm³/mol. The van der Waals surface area contributed by atoms with E-state index in [1.807, 2.05) is 6.92 Å². The van der Waals surface area contributed by atoms with E-state index in [0.717, 1.165) is 0 Å². The molecule has 0 unspecified atom stereocenters. The highest BCUT2D eigenvalue weighted by Crippen LogP contribution is 2.04. The minimum absolute atomic E-state index is 0.134. The van der Waals surface area contributed by atoms with Crippen molar-refractivity contribution in [3.05, 3.63) is 12.7 Å². The van der Waals surface area contributed by atoms with Crippen LogP contribution in [-0.2, 0) is 4.74 Å². The van der Waals surface area contributed by atoms with E-state index in [1.165, 1.54) is 0 Å². The first-order valence-electron chi connectivity index (χ1n) is 3.52. The van der Waals surface area contributed by atoms with Gasteiger partial charge >= 0.3 is 0 Å². The fourth-order valence-electron chi connectivity index (χ4n) is 0.768. The van der Waals surface area contributed by atoms with Crippen LogP contribution in [0.2, 0.25) is 0 Å². The van der Waals surface area contributed by atoms with Crippen molar-refractivity contribution in [2.45, 2.75) is 32.0 Å². The lowest BCUT2D eigenvalue weighted by atomic mass is 10.1. The molecule has 0 saturated heterocycles. The quantitative estimate of drug-likeness (QED) is 0.590. The van der Waals surface area contributed by atoms with Crippen LogP contribution >= 0.6 is 0 Å². The molecule has 0 aromatic carbocycles. The maximum atomic E-state index is 9.20. The van der Waals surface area contributed by atoms with Gasteiger partial charge in [0, 0.05) is 7.11 Å². The molecule has 0 rings (SSSR count). The monoisotopic (exact) mass is 144 g/mol. The molecule has 2 nitrogen and oxygen atoms in total. The molecule has 0 aromatic rings. The molecule has 10 heavy (non-hydrogen) atoms. The van der Waals surface area contributed by atoms with Gasteiger partial charge < -0.3 is 9.84 Å². The summed E-state index contributed by atoms with van der Waals surface area (Å²) in [6, 6.07) is 0. The number of hydrogen-bond acceptors (Lipinski definition) is 2. The number of ether oxygens (including phenoxy) is 1. The van der Waals surface area contributed by atoms with E-state index in [9.17, 15) is 5.11 Å². The first-order chi connectivity index (χ1) is 4.70. The Morgan fingerprint density at radius 2 is 2.30 bits per heavy atom. The second kappa shape index (κ2) is 5.45. The third-order valence-corrected chi connectivity index (χ3v) is 1.45. The minimum atomic E-state index is -0.299. The van der Waals surface area contributed by atoms with Gasteiger partial charge in [-0.2, -0.15) is 0 Å². The predicted octanol–water partition coefficient (Wildman–Crippen LogP) is 1.35. The summed E-state index contributed by atoms with van der Waals surface area (Å²) < 4.78 is 4.97. The summed E-state index contributed by atoms with van der Waals surface area (Å²) in [5, 5.41) is 9.20. The zero-order valence-electron chi connectivity index (χ0n) is 6.71. The molecule has 0 spiro atoms. The Hall–Kier alpha value is -0.340. The van der Waals surface area contributed by atoms with Crippen LogP contribution in [0.25, 0.3) is 0 Å². The van der Waals surface area contributed by atoms with Crippen LogP contribution in [0.4, 0.5) is 0 Å². The molecule has 1 N–H and O–H groups in total. The largest absolute Gasteiger partial charge is 0.393 e. The maximum absolute atomic E-state index is 9.20. The van der Waals surface area contributed by atoms with Gasteiger partial charge in [0.25, 0.3) is 0 Å². The van der Waals surface area contributed by atoms with Gasteiger partial charge in [-0.25, -0.2) is 0 Å². The molecular formula is C8H16O2. The number of aliphatic hydroxyl groups is 1. The Kier molecular flexibility index (Phi) is 5.26. The van der Waals surface area contributed by atoms with E-state index in [2.05, 4.69) is 6.58 Å². The second-order valence-corrected chi connectivity index (χ2v) is 2.46. The molecule has 0 aliphatic heterocycles. The molecule has 0 amide bonds. The molecule has 0 saturated carbocycles.